The Morgan fingerprint density at radius 1 is 1.38 bits per heavy atom. The summed E-state index contributed by atoms with van der Waals surface area (Å²) in [6, 6.07) is 3.61. The van der Waals surface area contributed by atoms with E-state index < -0.39 is 17.8 Å². The van der Waals surface area contributed by atoms with Crippen LogP contribution in [0.3, 0.4) is 0 Å². The molecule has 0 aliphatic carbocycles. The van der Waals surface area contributed by atoms with Crippen molar-refractivity contribution in [1.82, 2.24) is 10.1 Å². The number of alkyl halides is 3. The molecule has 2 aromatic rings. The van der Waals surface area contributed by atoms with Gasteiger partial charge in [0.15, 0.2) is 0 Å². The number of nitrogens with zero attached hydrogens (tertiary/aromatic N) is 2. The Labute approximate surface area is 126 Å². The fourth-order valence-corrected chi connectivity index (χ4v) is 2.07. The highest BCUT2D eigenvalue weighted by molar-refractivity contribution is 9.10. The van der Waals surface area contributed by atoms with Gasteiger partial charge in [0, 0.05) is 10.0 Å². The lowest BCUT2D eigenvalue weighted by molar-refractivity contribution is -0.137. The quantitative estimate of drug-likeness (QED) is 0.869. The van der Waals surface area contributed by atoms with Crippen LogP contribution in [-0.4, -0.2) is 21.8 Å². The fourth-order valence-electron chi connectivity index (χ4n) is 1.71. The minimum atomic E-state index is -4.56. The molecule has 0 saturated heterocycles. The van der Waals surface area contributed by atoms with Crippen LogP contribution < -0.4 is 5.73 Å². The number of hydrogen-bond donors (Lipinski definition) is 2. The lowest BCUT2D eigenvalue weighted by Gasteiger charge is -2.10. The zero-order chi connectivity index (χ0) is 15.6. The predicted molar refractivity (Wildman–Crippen MR) is 71.1 cm³/mol. The zero-order valence-corrected chi connectivity index (χ0v) is 12.1. The Hall–Kier alpha value is -1.45. The molecule has 0 amide bonds. The summed E-state index contributed by atoms with van der Waals surface area (Å²) in [7, 11) is 0. The molecule has 0 aliphatic rings. The minimum absolute atomic E-state index is 0.161. The average Bonchev–Trinajstić information content (AvgIpc) is 2.87. The number of aliphatic hydroxyl groups is 1. The highest BCUT2D eigenvalue weighted by Gasteiger charge is 2.35. The van der Waals surface area contributed by atoms with E-state index in [1.165, 1.54) is 12.1 Å². The number of hydrogen-bond acceptors (Lipinski definition) is 5. The molecule has 0 aliphatic heterocycles. The van der Waals surface area contributed by atoms with Crippen LogP contribution in [0.2, 0.25) is 0 Å². The van der Waals surface area contributed by atoms with Crippen LogP contribution in [-0.2, 0) is 6.18 Å². The molecule has 0 saturated carbocycles. The molecule has 0 unspecified atom stereocenters. The van der Waals surface area contributed by atoms with Crippen molar-refractivity contribution in [3.63, 3.8) is 0 Å². The summed E-state index contributed by atoms with van der Waals surface area (Å²) >= 11 is 2.99. The molecular formula is C12H11BrF3N3O2. The van der Waals surface area contributed by atoms with Crippen molar-refractivity contribution in [2.24, 2.45) is 5.73 Å². The summed E-state index contributed by atoms with van der Waals surface area (Å²) in [6.45, 7) is 0.185. The Kier molecular flexibility index (Phi) is 4.64. The third-order valence-corrected chi connectivity index (χ3v) is 3.19. The van der Waals surface area contributed by atoms with Gasteiger partial charge in [0.25, 0.3) is 5.89 Å². The van der Waals surface area contributed by atoms with Crippen LogP contribution in [0.5, 0.6) is 0 Å². The third-order valence-electron chi connectivity index (χ3n) is 2.69. The van der Waals surface area contributed by atoms with E-state index in [0.29, 0.717) is 0 Å². The minimum Gasteiger partial charge on any atom is -0.383 e. The lowest BCUT2D eigenvalue weighted by atomic mass is 10.1. The molecule has 114 valence electrons. The summed E-state index contributed by atoms with van der Waals surface area (Å²) < 4.78 is 44.2. The molecule has 0 spiro atoms. The van der Waals surface area contributed by atoms with E-state index in [2.05, 4.69) is 26.1 Å². The van der Waals surface area contributed by atoms with E-state index in [0.717, 1.165) is 6.07 Å². The Bertz CT molecular complexity index is 630. The Morgan fingerprint density at radius 2 is 2.10 bits per heavy atom. The van der Waals surface area contributed by atoms with Gasteiger partial charge in [-0.25, -0.2) is 0 Å². The van der Waals surface area contributed by atoms with Gasteiger partial charge in [-0.05, 0) is 31.2 Å². The second-order valence-corrected chi connectivity index (χ2v) is 5.15. The summed E-state index contributed by atoms with van der Waals surface area (Å²) in [6.07, 6.45) is -5.48. The maximum atomic E-state index is 13.0. The molecule has 3 N–H and O–H groups in total. The number of benzene rings is 1. The SMILES string of the molecule is NCC[C@H](O)c1nc(-c2ccc(Br)cc2C(F)(F)F)no1. The summed E-state index contributed by atoms with van der Waals surface area (Å²) in [4.78, 5) is 3.80. The van der Waals surface area contributed by atoms with Gasteiger partial charge in [-0.1, -0.05) is 21.1 Å². The number of nitrogens with two attached hydrogens (primary N) is 1. The number of aliphatic hydroxyl groups excluding tert-OH is 1. The van der Waals surface area contributed by atoms with Gasteiger partial charge in [0.2, 0.25) is 5.82 Å². The molecule has 1 heterocycles. The number of rotatable bonds is 4. The van der Waals surface area contributed by atoms with Gasteiger partial charge in [0.1, 0.15) is 6.10 Å². The highest BCUT2D eigenvalue weighted by atomic mass is 79.9. The van der Waals surface area contributed by atoms with Crippen molar-refractivity contribution in [3.8, 4) is 11.4 Å². The second-order valence-electron chi connectivity index (χ2n) is 4.24. The first-order valence-corrected chi connectivity index (χ1v) is 6.71. The molecule has 5 nitrogen and oxygen atoms in total. The van der Waals surface area contributed by atoms with E-state index in [4.69, 9.17) is 10.3 Å². The smallest absolute Gasteiger partial charge is 0.383 e. The molecule has 1 aromatic carbocycles. The van der Waals surface area contributed by atoms with E-state index in [-0.39, 0.29) is 34.7 Å². The van der Waals surface area contributed by atoms with Crippen molar-refractivity contribution in [2.75, 3.05) is 6.54 Å². The zero-order valence-electron chi connectivity index (χ0n) is 10.6. The van der Waals surface area contributed by atoms with Gasteiger partial charge in [-0.3, -0.25) is 0 Å². The normalized spacial score (nSPS) is 13.4. The van der Waals surface area contributed by atoms with Gasteiger partial charge in [-0.2, -0.15) is 18.2 Å². The van der Waals surface area contributed by atoms with Crippen molar-refractivity contribution in [3.05, 3.63) is 34.1 Å². The molecule has 0 bridgehead atoms. The van der Waals surface area contributed by atoms with Gasteiger partial charge < -0.3 is 15.4 Å². The van der Waals surface area contributed by atoms with Crippen molar-refractivity contribution < 1.29 is 22.8 Å². The van der Waals surface area contributed by atoms with Crippen LogP contribution in [0, 0.1) is 0 Å². The maximum absolute atomic E-state index is 13.0. The standard InChI is InChI=1S/C12H11BrF3N3O2/c13-6-1-2-7(8(5-6)12(14,15)16)10-18-11(21-19-10)9(20)3-4-17/h1-2,5,9,20H,3-4,17H2/t9-/m0/s1. The molecule has 9 heteroatoms. The second kappa shape index (κ2) is 6.12. The highest BCUT2D eigenvalue weighted by Crippen LogP contribution is 2.37. The number of halogens is 4. The Balaban J connectivity index is 2.43. The molecule has 0 fully saturated rings. The monoisotopic (exact) mass is 365 g/mol. The van der Waals surface area contributed by atoms with Crippen LogP contribution in [0.25, 0.3) is 11.4 Å². The van der Waals surface area contributed by atoms with E-state index in [1.54, 1.807) is 0 Å². The van der Waals surface area contributed by atoms with Crippen LogP contribution in [0.15, 0.2) is 27.2 Å². The summed E-state index contributed by atoms with van der Waals surface area (Å²) in [5.41, 5.74) is 4.17. The summed E-state index contributed by atoms with van der Waals surface area (Å²) in [5.74, 6) is -0.396. The average molecular weight is 366 g/mol. The third kappa shape index (κ3) is 3.60. The van der Waals surface area contributed by atoms with Crippen LogP contribution >= 0.6 is 15.9 Å². The molecule has 1 atom stereocenters. The van der Waals surface area contributed by atoms with Crippen LogP contribution in [0.4, 0.5) is 13.2 Å². The molecule has 2 rings (SSSR count). The van der Waals surface area contributed by atoms with Crippen molar-refractivity contribution in [2.45, 2.75) is 18.7 Å². The van der Waals surface area contributed by atoms with E-state index >= 15 is 0 Å². The number of aromatic nitrogens is 2. The fraction of sp³-hybridized carbons (Fsp3) is 0.333. The Morgan fingerprint density at radius 3 is 2.71 bits per heavy atom. The predicted octanol–water partition coefficient (Wildman–Crippen LogP) is 2.90. The van der Waals surface area contributed by atoms with Gasteiger partial charge >= 0.3 is 6.18 Å². The largest absolute Gasteiger partial charge is 0.417 e. The molecule has 0 radical (unpaired) electrons. The van der Waals surface area contributed by atoms with E-state index in [9.17, 15) is 18.3 Å². The first kappa shape index (κ1) is 15.9. The maximum Gasteiger partial charge on any atom is 0.417 e. The van der Waals surface area contributed by atoms with Crippen molar-refractivity contribution in [1.29, 1.82) is 0 Å². The first-order valence-electron chi connectivity index (χ1n) is 5.91. The summed E-state index contributed by atoms with van der Waals surface area (Å²) in [5, 5.41) is 13.1. The van der Waals surface area contributed by atoms with E-state index in [1.807, 2.05) is 0 Å². The van der Waals surface area contributed by atoms with Crippen LogP contribution in [0.1, 0.15) is 24.0 Å². The van der Waals surface area contributed by atoms with Gasteiger partial charge in [0.05, 0.1) is 5.56 Å². The molecule has 1 aromatic heterocycles. The molecular weight excluding hydrogens is 355 g/mol. The van der Waals surface area contributed by atoms with Crippen molar-refractivity contribution >= 4 is 15.9 Å². The lowest BCUT2D eigenvalue weighted by Crippen LogP contribution is -2.08. The topological polar surface area (TPSA) is 85.2 Å². The van der Waals surface area contributed by atoms with Gasteiger partial charge in [-0.15, -0.1) is 0 Å². The molecule has 21 heavy (non-hydrogen) atoms. The first-order chi connectivity index (χ1) is 9.82.